The Balaban J connectivity index is 1.65. The molecule has 1 aromatic heterocycles. The van der Waals surface area contributed by atoms with Crippen LogP contribution < -0.4 is 9.88 Å². The molecule has 1 amide bonds. The Morgan fingerprint density at radius 3 is 2.76 bits per heavy atom. The van der Waals surface area contributed by atoms with E-state index in [0.717, 1.165) is 24.8 Å². The molecule has 1 fully saturated rings. The summed E-state index contributed by atoms with van der Waals surface area (Å²) in [7, 11) is 1.91. The van der Waals surface area contributed by atoms with E-state index in [1.54, 1.807) is 12.3 Å². The van der Waals surface area contributed by atoms with Crippen LogP contribution in [-0.4, -0.2) is 36.9 Å². The largest absolute Gasteiger partial charge is 0.352 e. The average Bonchev–Trinajstić information content (AvgIpc) is 2.80. The molecule has 1 aliphatic carbocycles. The van der Waals surface area contributed by atoms with Crippen LogP contribution in [0.4, 0.5) is 0 Å². The minimum absolute atomic E-state index is 0.0902. The number of aromatic nitrogens is 1. The van der Waals surface area contributed by atoms with E-state index in [1.165, 1.54) is 0 Å². The molecule has 2 aromatic rings. The van der Waals surface area contributed by atoms with Crippen molar-refractivity contribution in [1.29, 1.82) is 0 Å². The van der Waals surface area contributed by atoms with Gasteiger partial charge in [0.15, 0.2) is 18.2 Å². The van der Waals surface area contributed by atoms with E-state index >= 15 is 0 Å². The van der Waals surface area contributed by atoms with E-state index in [2.05, 4.69) is 19.2 Å². The van der Waals surface area contributed by atoms with Crippen LogP contribution in [0, 0.1) is 5.92 Å². The maximum absolute atomic E-state index is 13.2. The maximum atomic E-state index is 13.2. The second-order valence-corrected chi connectivity index (χ2v) is 9.58. The summed E-state index contributed by atoms with van der Waals surface area (Å²) in [6, 6.07) is 11.2. The number of pyridine rings is 1. The number of ketones is 1. The predicted octanol–water partition coefficient (Wildman–Crippen LogP) is 4.31. The van der Waals surface area contributed by atoms with Gasteiger partial charge in [0.2, 0.25) is 0 Å². The van der Waals surface area contributed by atoms with E-state index in [9.17, 15) is 9.59 Å². The first-order chi connectivity index (χ1) is 15.8. The monoisotopic (exact) mass is 472 g/mol. The van der Waals surface area contributed by atoms with Gasteiger partial charge in [-0.15, -0.1) is 0 Å². The Hall–Kier alpha value is -2.28. The Labute approximate surface area is 201 Å². The van der Waals surface area contributed by atoms with Gasteiger partial charge in [-0.25, -0.2) is 0 Å². The fourth-order valence-electron chi connectivity index (χ4n) is 4.41. The fourth-order valence-corrected chi connectivity index (χ4v) is 4.70. The lowest BCUT2D eigenvalue weighted by atomic mass is 9.74. The van der Waals surface area contributed by atoms with E-state index in [0.29, 0.717) is 35.9 Å². The molecule has 33 heavy (non-hydrogen) atoms. The van der Waals surface area contributed by atoms with Gasteiger partial charge in [0.25, 0.3) is 12.6 Å². The van der Waals surface area contributed by atoms with Crippen LogP contribution in [0.2, 0.25) is 5.02 Å². The molecule has 1 heterocycles. The van der Waals surface area contributed by atoms with Crippen molar-refractivity contribution in [2.24, 2.45) is 5.92 Å². The molecule has 6 nitrogen and oxygen atoms in total. The third-order valence-corrected chi connectivity index (χ3v) is 6.61. The van der Waals surface area contributed by atoms with Gasteiger partial charge >= 0.3 is 0 Å². The summed E-state index contributed by atoms with van der Waals surface area (Å²) >= 11 is 6.53. The van der Waals surface area contributed by atoms with Crippen molar-refractivity contribution in [1.82, 2.24) is 10.2 Å². The number of rotatable bonds is 10. The summed E-state index contributed by atoms with van der Waals surface area (Å²) in [5, 5.41) is 3.56. The van der Waals surface area contributed by atoms with Gasteiger partial charge in [0, 0.05) is 24.1 Å². The van der Waals surface area contributed by atoms with Crippen LogP contribution in [0.15, 0.2) is 48.8 Å². The fraction of sp³-hybridized carbons (Fsp3) is 0.500. The smallest absolute Gasteiger partial charge is 0.257 e. The summed E-state index contributed by atoms with van der Waals surface area (Å²) in [6.45, 7) is 5.45. The summed E-state index contributed by atoms with van der Waals surface area (Å²) in [5.74, 6) is 0.634. The Bertz CT molecular complexity index is 965. The molecular formula is C26H35ClN3O3+. The molecule has 1 aliphatic rings. The number of Topliss-reactive ketones (excluding diaryl/α,β-unsaturated/α-hetero) is 1. The third-order valence-electron chi connectivity index (χ3n) is 6.28. The molecule has 0 saturated heterocycles. The van der Waals surface area contributed by atoms with E-state index in [-0.39, 0.29) is 25.2 Å². The van der Waals surface area contributed by atoms with E-state index in [4.69, 9.17) is 16.3 Å². The molecule has 1 atom stereocenters. The number of likely N-dealkylation sites (N-methyl/N-ethyl adjacent to an activating group) is 1. The normalized spacial score (nSPS) is 18.7. The van der Waals surface area contributed by atoms with Crippen molar-refractivity contribution < 1.29 is 18.9 Å². The minimum Gasteiger partial charge on any atom is -0.352 e. The molecule has 7 heteroatoms. The van der Waals surface area contributed by atoms with Crippen molar-refractivity contribution in [3.63, 3.8) is 0 Å². The van der Waals surface area contributed by atoms with Gasteiger partial charge in [0.1, 0.15) is 17.8 Å². The lowest BCUT2D eigenvalue weighted by molar-refractivity contribution is -0.733. The van der Waals surface area contributed by atoms with Crippen molar-refractivity contribution >= 4 is 23.3 Å². The number of benzene rings is 1. The molecule has 0 aliphatic heterocycles. The Morgan fingerprint density at radius 2 is 2.03 bits per heavy atom. The number of nitrogens with zero attached hydrogens (tertiary/aromatic N) is 2. The van der Waals surface area contributed by atoms with Crippen LogP contribution in [0.1, 0.15) is 61.9 Å². The van der Waals surface area contributed by atoms with Gasteiger partial charge in [-0.05, 0) is 49.9 Å². The number of nitrogens with one attached hydrogen (secondary N) is 1. The minimum atomic E-state index is -0.778. The number of halogens is 1. The predicted molar refractivity (Wildman–Crippen MR) is 129 cm³/mol. The SMILES string of the molecule is CC(C)CCNC(=O)c1ccc[n+](COCN(C)C2(c3ccccc3Cl)CCCCC2=O)c1. The van der Waals surface area contributed by atoms with E-state index < -0.39 is 5.54 Å². The number of ether oxygens (including phenoxy) is 1. The number of amides is 1. The zero-order valence-corrected chi connectivity index (χ0v) is 20.6. The molecular weight excluding hydrogens is 438 g/mol. The van der Waals surface area contributed by atoms with E-state index in [1.807, 2.05) is 53.0 Å². The van der Waals surface area contributed by atoms with Crippen LogP contribution in [0.3, 0.4) is 0 Å². The zero-order chi connectivity index (χ0) is 23.8. The van der Waals surface area contributed by atoms with Gasteiger partial charge in [-0.2, -0.15) is 4.57 Å². The molecule has 1 aromatic carbocycles. The number of hydrogen-bond donors (Lipinski definition) is 1. The molecule has 1 unspecified atom stereocenters. The molecule has 1 saturated carbocycles. The lowest BCUT2D eigenvalue weighted by Crippen LogP contribution is -2.53. The first kappa shape index (κ1) is 25.3. The molecule has 1 N–H and O–H groups in total. The van der Waals surface area contributed by atoms with Crippen molar-refractivity contribution in [2.45, 2.75) is 58.2 Å². The molecule has 0 spiro atoms. The summed E-state index contributed by atoms with van der Waals surface area (Å²) in [6.07, 6.45) is 7.71. The van der Waals surface area contributed by atoms with Crippen molar-refractivity contribution in [3.05, 3.63) is 64.9 Å². The highest BCUT2D eigenvalue weighted by molar-refractivity contribution is 6.31. The van der Waals surface area contributed by atoms with Crippen molar-refractivity contribution in [3.8, 4) is 0 Å². The second-order valence-electron chi connectivity index (χ2n) is 9.18. The first-order valence-electron chi connectivity index (χ1n) is 11.7. The third kappa shape index (κ3) is 6.19. The van der Waals surface area contributed by atoms with Gasteiger partial charge in [-0.3, -0.25) is 14.5 Å². The maximum Gasteiger partial charge on any atom is 0.257 e. The molecule has 178 valence electrons. The summed E-state index contributed by atoms with van der Waals surface area (Å²) in [5.41, 5.74) is 0.655. The Kier molecular flexibility index (Phi) is 9.01. The lowest BCUT2D eigenvalue weighted by Gasteiger charge is -2.43. The average molecular weight is 473 g/mol. The zero-order valence-electron chi connectivity index (χ0n) is 19.9. The van der Waals surface area contributed by atoms with Crippen LogP contribution in [0.25, 0.3) is 0 Å². The van der Waals surface area contributed by atoms with Gasteiger partial charge in [0.05, 0.1) is 0 Å². The van der Waals surface area contributed by atoms with Crippen LogP contribution >= 0.6 is 11.6 Å². The van der Waals surface area contributed by atoms with Gasteiger partial charge < -0.3 is 10.1 Å². The summed E-state index contributed by atoms with van der Waals surface area (Å²) < 4.78 is 7.81. The van der Waals surface area contributed by atoms with Gasteiger partial charge in [-0.1, -0.05) is 50.1 Å². The first-order valence-corrected chi connectivity index (χ1v) is 12.1. The standard InChI is InChI=1S/C26H34ClN3O3/c1-20(2)13-15-28-25(32)21-9-8-16-30(17-21)19-33-18-29(3)26(14-7-6-12-24(26)31)22-10-4-5-11-23(22)27/h4-5,8-11,16-17,20H,6-7,12-15,18-19H2,1-3H3/p+1. The topological polar surface area (TPSA) is 62.5 Å². The van der Waals surface area contributed by atoms with Crippen molar-refractivity contribution in [2.75, 3.05) is 20.3 Å². The molecule has 0 bridgehead atoms. The Morgan fingerprint density at radius 1 is 1.24 bits per heavy atom. The second kappa shape index (κ2) is 11.7. The summed E-state index contributed by atoms with van der Waals surface area (Å²) in [4.78, 5) is 27.6. The highest BCUT2D eigenvalue weighted by Crippen LogP contribution is 2.42. The number of hydrogen-bond acceptors (Lipinski definition) is 4. The number of carbonyl (C=O) groups excluding carboxylic acids is 2. The van der Waals surface area contributed by atoms with Crippen LogP contribution in [0.5, 0.6) is 0 Å². The molecule has 3 rings (SSSR count). The highest BCUT2D eigenvalue weighted by atomic mass is 35.5. The number of carbonyl (C=O) groups is 2. The van der Waals surface area contributed by atoms with Crippen LogP contribution in [-0.2, 0) is 21.8 Å². The molecule has 0 radical (unpaired) electrons. The quantitative estimate of drug-likeness (QED) is 0.413. The highest BCUT2D eigenvalue weighted by Gasteiger charge is 2.46.